The highest BCUT2D eigenvalue weighted by Gasteiger charge is 2.14. The van der Waals surface area contributed by atoms with Gasteiger partial charge < -0.3 is 15.4 Å². The maximum atomic E-state index is 12.7. The van der Waals surface area contributed by atoms with Crippen molar-refractivity contribution in [3.63, 3.8) is 0 Å². The van der Waals surface area contributed by atoms with E-state index in [1.807, 2.05) is 24.3 Å². The van der Waals surface area contributed by atoms with Crippen LogP contribution in [0, 0.1) is 0 Å². The minimum Gasteiger partial charge on any atom is -0.495 e. The van der Waals surface area contributed by atoms with E-state index in [-0.39, 0.29) is 5.91 Å². The first-order valence-corrected chi connectivity index (χ1v) is 9.11. The highest BCUT2D eigenvalue weighted by molar-refractivity contribution is 6.04. The fourth-order valence-electron chi connectivity index (χ4n) is 3.15. The van der Waals surface area contributed by atoms with Gasteiger partial charge in [-0.3, -0.25) is 9.89 Å². The third kappa shape index (κ3) is 3.79. The van der Waals surface area contributed by atoms with Gasteiger partial charge in [-0.15, -0.1) is 0 Å². The number of carbonyl (C=O) groups is 1. The van der Waals surface area contributed by atoms with Gasteiger partial charge in [0.2, 0.25) is 0 Å². The summed E-state index contributed by atoms with van der Waals surface area (Å²) < 4.78 is 5.50. The Morgan fingerprint density at radius 3 is 2.89 bits per heavy atom. The Labute approximate surface area is 162 Å². The number of amides is 1. The molecular weight excluding hydrogens is 354 g/mol. The van der Waals surface area contributed by atoms with E-state index in [2.05, 4.69) is 31.9 Å². The summed E-state index contributed by atoms with van der Waals surface area (Å²) >= 11 is 0. The normalized spacial score (nSPS) is 13.7. The number of nitrogens with zero attached hydrogens (tertiary/aromatic N) is 2. The number of aromatic nitrogens is 3. The van der Waals surface area contributed by atoms with Gasteiger partial charge in [-0.05, 0) is 54.4 Å². The lowest BCUT2D eigenvalue weighted by Gasteiger charge is -2.17. The Bertz CT molecular complexity index is 1010. The molecule has 3 aromatic rings. The molecular formula is C21H21N5O2. The molecule has 0 fully saturated rings. The number of anilines is 1. The van der Waals surface area contributed by atoms with Gasteiger partial charge >= 0.3 is 0 Å². The summed E-state index contributed by atoms with van der Waals surface area (Å²) in [5.74, 6) is 0.313. The van der Waals surface area contributed by atoms with Crippen molar-refractivity contribution in [3.8, 4) is 17.1 Å². The predicted molar refractivity (Wildman–Crippen MR) is 108 cm³/mol. The van der Waals surface area contributed by atoms with E-state index in [9.17, 15) is 4.79 Å². The molecule has 2 aromatic heterocycles. The van der Waals surface area contributed by atoms with Crippen LogP contribution >= 0.6 is 0 Å². The Balaban J connectivity index is 1.56. The van der Waals surface area contributed by atoms with Crippen LogP contribution in [-0.2, 0) is 0 Å². The van der Waals surface area contributed by atoms with Crippen molar-refractivity contribution in [2.75, 3.05) is 25.5 Å². The van der Waals surface area contributed by atoms with E-state index in [1.54, 1.807) is 31.5 Å². The van der Waals surface area contributed by atoms with E-state index in [1.165, 1.54) is 5.57 Å². The SMILES string of the molecule is COc1cc(C2=CCCNC2)ccc1NC(=O)c1cccc(-c2ccn[nH]2)n1. The van der Waals surface area contributed by atoms with Gasteiger partial charge in [-0.1, -0.05) is 18.2 Å². The molecule has 0 radical (unpaired) electrons. The summed E-state index contributed by atoms with van der Waals surface area (Å²) in [5.41, 5.74) is 4.65. The van der Waals surface area contributed by atoms with Crippen LogP contribution in [0.15, 0.2) is 54.7 Å². The quantitative estimate of drug-likeness (QED) is 0.637. The van der Waals surface area contributed by atoms with Gasteiger partial charge in [0.1, 0.15) is 11.4 Å². The van der Waals surface area contributed by atoms with Crippen molar-refractivity contribution in [3.05, 3.63) is 66.0 Å². The maximum absolute atomic E-state index is 12.7. The zero-order valence-corrected chi connectivity index (χ0v) is 15.5. The van der Waals surface area contributed by atoms with Crippen molar-refractivity contribution < 1.29 is 9.53 Å². The highest BCUT2D eigenvalue weighted by Crippen LogP contribution is 2.29. The standard InChI is InChI=1S/C21H21N5O2/c1-28-20-12-14(15-4-3-10-22-13-15)7-8-18(20)25-21(27)19-6-2-5-16(24-19)17-9-11-23-26-17/h2,4-9,11-12,22H,3,10,13H2,1H3,(H,23,26)(H,25,27). The van der Waals surface area contributed by atoms with Gasteiger partial charge in [-0.25, -0.2) is 4.98 Å². The topological polar surface area (TPSA) is 91.9 Å². The second-order valence-corrected chi connectivity index (χ2v) is 6.44. The number of H-pyrrole nitrogens is 1. The summed E-state index contributed by atoms with van der Waals surface area (Å²) in [7, 11) is 1.60. The molecule has 0 unspecified atom stereocenters. The van der Waals surface area contributed by atoms with Crippen LogP contribution in [0.2, 0.25) is 0 Å². The number of carbonyl (C=O) groups excluding carboxylic acids is 1. The number of hydrogen-bond donors (Lipinski definition) is 3. The monoisotopic (exact) mass is 375 g/mol. The number of hydrogen-bond acceptors (Lipinski definition) is 5. The molecule has 7 nitrogen and oxygen atoms in total. The van der Waals surface area contributed by atoms with Crippen LogP contribution in [0.4, 0.5) is 5.69 Å². The first-order chi connectivity index (χ1) is 13.7. The molecule has 28 heavy (non-hydrogen) atoms. The number of benzene rings is 1. The lowest BCUT2D eigenvalue weighted by atomic mass is 10.0. The summed E-state index contributed by atoms with van der Waals surface area (Å²) in [6.07, 6.45) is 4.89. The first kappa shape index (κ1) is 17.9. The molecule has 7 heteroatoms. The first-order valence-electron chi connectivity index (χ1n) is 9.11. The molecule has 0 spiro atoms. The highest BCUT2D eigenvalue weighted by atomic mass is 16.5. The molecule has 1 aliphatic rings. The Hall–Kier alpha value is -3.45. The molecule has 1 aromatic carbocycles. The Morgan fingerprint density at radius 1 is 1.21 bits per heavy atom. The zero-order chi connectivity index (χ0) is 19.3. The van der Waals surface area contributed by atoms with Crippen molar-refractivity contribution in [2.45, 2.75) is 6.42 Å². The maximum Gasteiger partial charge on any atom is 0.274 e. The molecule has 4 rings (SSSR count). The second kappa shape index (κ2) is 8.06. The lowest BCUT2D eigenvalue weighted by Crippen LogP contribution is -2.21. The average Bonchev–Trinajstić information content (AvgIpc) is 3.30. The van der Waals surface area contributed by atoms with E-state index in [4.69, 9.17) is 4.74 Å². The molecule has 0 saturated heterocycles. The predicted octanol–water partition coefficient (Wildman–Crippen LogP) is 3.11. The molecule has 1 aliphatic heterocycles. The molecule has 0 bridgehead atoms. The van der Waals surface area contributed by atoms with E-state index in [0.29, 0.717) is 22.8 Å². The van der Waals surface area contributed by atoms with Crippen LogP contribution in [0.25, 0.3) is 17.0 Å². The number of ether oxygens (including phenoxy) is 1. The third-order valence-corrected chi connectivity index (χ3v) is 4.61. The molecule has 3 heterocycles. The van der Waals surface area contributed by atoms with Crippen molar-refractivity contribution in [1.29, 1.82) is 0 Å². The van der Waals surface area contributed by atoms with E-state index < -0.39 is 0 Å². The number of methoxy groups -OCH3 is 1. The molecule has 1 amide bonds. The molecule has 142 valence electrons. The summed E-state index contributed by atoms with van der Waals surface area (Å²) in [4.78, 5) is 17.1. The van der Waals surface area contributed by atoms with Crippen LogP contribution < -0.4 is 15.4 Å². The van der Waals surface area contributed by atoms with E-state index in [0.717, 1.165) is 30.8 Å². The molecule has 0 atom stereocenters. The van der Waals surface area contributed by atoms with Crippen LogP contribution in [0.1, 0.15) is 22.5 Å². The fourth-order valence-corrected chi connectivity index (χ4v) is 3.15. The Morgan fingerprint density at radius 2 is 2.14 bits per heavy atom. The lowest BCUT2D eigenvalue weighted by molar-refractivity contribution is 0.102. The van der Waals surface area contributed by atoms with Crippen molar-refractivity contribution in [1.82, 2.24) is 20.5 Å². The minimum absolute atomic E-state index is 0.300. The minimum atomic E-state index is -0.300. The third-order valence-electron chi connectivity index (χ3n) is 4.61. The largest absolute Gasteiger partial charge is 0.495 e. The van der Waals surface area contributed by atoms with Gasteiger partial charge in [0, 0.05) is 12.7 Å². The summed E-state index contributed by atoms with van der Waals surface area (Å²) in [6.45, 7) is 1.83. The summed E-state index contributed by atoms with van der Waals surface area (Å²) in [6, 6.07) is 12.9. The van der Waals surface area contributed by atoms with Crippen molar-refractivity contribution >= 4 is 17.2 Å². The van der Waals surface area contributed by atoms with Crippen molar-refractivity contribution in [2.24, 2.45) is 0 Å². The fraction of sp³-hybridized carbons (Fsp3) is 0.190. The zero-order valence-electron chi connectivity index (χ0n) is 15.5. The van der Waals surface area contributed by atoms with Gasteiger partial charge in [-0.2, -0.15) is 5.10 Å². The molecule has 0 saturated carbocycles. The smallest absolute Gasteiger partial charge is 0.274 e. The van der Waals surface area contributed by atoms with Gasteiger partial charge in [0.25, 0.3) is 5.91 Å². The molecule has 3 N–H and O–H groups in total. The number of aromatic amines is 1. The average molecular weight is 375 g/mol. The number of pyridine rings is 1. The Kier molecular flexibility index (Phi) is 5.16. The second-order valence-electron chi connectivity index (χ2n) is 6.44. The van der Waals surface area contributed by atoms with Gasteiger partial charge in [0.05, 0.1) is 24.2 Å². The van der Waals surface area contributed by atoms with Crippen LogP contribution in [0.3, 0.4) is 0 Å². The molecule has 0 aliphatic carbocycles. The summed E-state index contributed by atoms with van der Waals surface area (Å²) in [5, 5.41) is 13.0. The van der Waals surface area contributed by atoms with Crippen LogP contribution in [-0.4, -0.2) is 41.3 Å². The van der Waals surface area contributed by atoms with E-state index >= 15 is 0 Å². The van der Waals surface area contributed by atoms with Crippen LogP contribution in [0.5, 0.6) is 5.75 Å². The number of nitrogens with one attached hydrogen (secondary N) is 3. The number of rotatable bonds is 5. The van der Waals surface area contributed by atoms with Gasteiger partial charge in [0.15, 0.2) is 0 Å².